The maximum Gasteiger partial charge on any atom is 0.303 e. The lowest BCUT2D eigenvalue weighted by Crippen LogP contribution is -2.38. The van der Waals surface area contributed by atoms with Crippen LogP contribution in [0.1, 0.15) is 56.9 Å². The quantitative estimate of drug-likeness (QED) is 0.721. The van der Waals surface area contributed by atoms with E-state index in [0.717, 1.165) is 31.2 Å². The summed E-state index contributed by atoms with van der Waals surface area (Å²) in [4.78, 5) is 25.1. The molecule has 5 heteroatoms. The number of nitrogens with zero attached hydrogens (tertiary/aromatic N) is 1. The zero-order chi connectivity index (χ0) is 16.7. The van der Waals surface area contributed by atoms with E-state index >= 15 is 0 Å². The molecule has 0 unspecified atom stereocenters. The van der Waals surface area contributed by atoms with Gasteiger partial charge in [0.05, 0.1) is 0 Å². The van der Waals surface area contributed by atoms with Gasteiger partial charge in [-0.05, 0) is 37.3 Å². The van der Waals surface area contributed by atoms with Gasteiger partial charge in [-0.3, -0.25) is 9.59 Å². The van der Waals surface area contributed by atoms with Crippen LogP contribution in [0.25, 0.3) is 0 Å². The predicted octanol–water partition coefficient (Wildman–Crippen LogP) is 4.26. The molecule has 0 radical (unpaired) electrons. The second-order valence-electron chi connectivity index (χ2n) is 6.15. The van der Waals surface area contributed by atoms with Gasteiger partial charge in [-0.1, -0.05) is 42.6 Å². The SMILES string of the molecule is O=C(O)CCCCC(=O)N(Cc1ccccc1Cl)C1CCCC1. The highest BCUT2D eigenvalue weighted by Gasteiger charge is 2.26. The van der Waals surface area contributed by atoms with Gasteiger partial charge in [0.25, 0.3) is 0 Å². The molecule has 1 fully saturated rings. The van der Waals surface area contributed by atoms with Crippen molar-refractivity contribution < 1.29 is 14.7 Å². The molecule has 1 aromatic carbocycles. The van der Waals surface area contributed by atoms with E-state index in [-0.39, 0.29) is 12.3 Å². The number of hydrogen-bond donors (Lipinski definition) is 1. The van der Waals surface area contributed by atoms with Crippen molar-refractivity contribution in [1.29, 1.82) is 0 Å². The Morgan fingerprint density at radius 2 is 1.78 bits per heavy atom. The van der Waals surface area contributed by atoms with Crippen LogP contribution in [0, 0.1) is 0 Å². The molecule has 23 heavy (non-hydrogen) atoms. The van der Waals surface area contributed by atoms with E-state index in [1.54, 1.807) is 0 Å². The lowest BCUT2D eigenvalue weighted by molar-refractivity contribution is -0.138. The Morgan fingerprint density at radius 3 is 2.43 bits per heavy atom. The van der Waals surface area contributed by atoms with Crippen LogP contribution in [-0.2, 0) is 16.1 Å². The Bertz CT molecular complexity index is 541. The average molecular weight is 338 g/mol. The molecule has 1 amide bonds. The van der Waals surface area contributed by atoms with Crippen LogP contribution in [0.15, 0.2) is 24.3 Å². The number of halogens is 1. The maximum atomic E-state index is 12.6. The molecule has 0 heterocycles. The molecule has 4 nitrogen and oxygen atoms in total. The zero-order valence-electron chi connectivity index (χ0n) is 13.3. The summed E-state index contributed by atoms with van der Waals surface area (Å²) in [6.07, 6.45) is 6.13. The fourth-order valence-electron chi connectivity index (χ4n) is 3.14. The van der Waals surface area contributed by atoms with E-state index in [0.29, 0.717) is 36.9 Å². The van der Waals surface area contributed by atoms with Gasteiger partial charge in [0.15, 0.2) is 0 Å². The molecule has 1 aliphatic rings. The number of benzene rings is 1. The van der Waals surface area contributed by atoms with Crippen molar-refractivity contribution in [3.8, 4) is 0 Å². The van der Waals surface area contributed by atoms with Crippen LogP contribution >= 0.6 is 11.6 Å². The van der Waals surface area contributed by atoms with E-state index in [1.807, 2.05) is 29.2 Å². The molecule has 0 atom stereocenters. The van der Waals surface area contributed by atoms with Crippen LogP contribution in [-0.4, -0.2) is 27.9 Å². The molecule has 1 saturated carbocycles. The Kier molecular flexibility index (Phi) is 6.90. The smallest absolute Gasteiger partial charge is 0.303 e. The highest BCUT2D eigenvalue weighted by molar-refractivity contribution is 6.31. The van der Waals surface area contributed by atoms with Crippen molar-refractivity contribution in [2.45, 2.75) is 64.0 Å². The summed E-state index contributed by atoms with van der Waals surface area (Å²) in [5, 5.41) is 9.36. The van der Waals surface area contributed by atoms with Crippen LogP contribution in [0.4, 0.5) is 0 Å². The lowest BCUT2D eigenvalue weighted by atomic mass is 10.1. The van der Waals surface area contributed by atoms with E-state index < -0.39 is 5.97 Å². The van der Waals surface area contributed by atoms with E-state index in [9.17, 15) is 9.59 Å². The molecule has 1 aromatic rings. The maximum absolute atomic E-state index is 12.6. The molecule has 2 rings (SSSR count). The number of aliphatic carboxylic acids is 1. The first-order chi connectivity index (χ1) is 11.1. The largest absolute Gasteiger partial charge is 0.481 e. The van der Waals surface area contributed by atoms with Crippen molar-refractivity contribution in [3.63, 3.8) is 0 Å². The van der Waals surface area contributed by atoms with Gasteiger partial charge in [0, 0.05) is 30.5 Å². The Morgan fingerprint density at radius 1 is 1.13 bits per heavy atom. The minimum Gasteiger partial charge on any atom is -0.481 e. The second-order valence-corrected chi connectivity index (χ2v) is 6.56. The highest BCUT2D eigenvalue weighted by Crippen LogP contribution is 2.27. The van der Waals surface area contributed by atoms with Crippen LogP contribution in [0.5, 0.6) is 0 Å². The average Bonchev–Trinajstić information content (AvgIpc) is 3.04. The zero-order valence-corrected chi connectivity index (χ0v) is 14.1. The van der Waals surface area contributed by atoms with E-state index in [2.05, 4.69) is 0 Å². The normalized spacial score (nSPS) is 14.8. The molecule has 1 aliphatic carbocycles. The standard InChI is InChI=1S/C18H24ClNO3/c19-16-10-4-1-7-14(16)13-20(15-8-2-3-9-15)17(21)11-5-6-12-18(22)23/h1,4,7,10,15H,2-3,5-6,8-9,11-13H2,(H,22,23). The van der Waals surface area contributed by atoms with Gasteiger partial charge in [-0.2, -0.15) is 0 Å². The van der Waals surface area contributed by atoms with Gasteiger partial charge in [-0.15, -0.1) is 0 Å². The van der Waals surface area contributed by atoms with Crippen LogP contribution in [0.2, 0.25) is 5.02 Å². The number of carboxylic acid groups (broad SMARTS) is 1. The minimum atomic E-state index is -0.804. The Hall–Kier alpha value is -1.55. The van der Waals surface area contributed by atoms with Crippen molar-refractivity contribution in [1.82, 2.24) is 4.90 Å². The topological polar surface area (TPSA) is 57.6 Å². The molecule has 0 bridgehead atoms. The monoisotopic (exact) mass is 337 g/mol. The van der Waals surface area contributed by atoms with Crippen molar-refractivity contribution in [2.75, 3.05) is 0 Å². The van der Waals surface area contributed by atoms with Gasteiger partial charge < -0.3 is 10.0 Å². The number of rotatable bonds is 8. The fourth-order valence-corrected chi connectivity index (χ4v) is 3.34. The molecular formula is C18H24ClNO3. The number of hydrogen-bond acceptors (Lipinski definition) is 2. The minimum absolute atomic E-state index is 0.113. The van der Waals surface area contributed by atoms with Gasteiger partial charge >= 0.3 is 5.97 Å². The first kappa shape index (κ1) is 17.8. The second kappa shape index (κ2) is 8.92. The third-order valence-electron chi connectivity index (χ3n) is 4.42. The number of carboxylic acids is 1. The van der Waals surface area contributed by atoms with Crippen LogP contribution in [0.3, 0.4) is 0 Å². The van der Waals surface area contributed by atoms with Crippen molar-refractivity contribution >= 4 is 23.5 Å². The van der Waals surface area contributed by atoms with Gasteiger partial charge in [-0.25, -0.2) is 0 Å². The molecule has 0 aliphatic heterocycles. The highest BCUT2D eigenvalue weighted by atomic mass is 35.5. The van der Waals surface area contributed by atoms with Crippen molar-refractivity contribution in [2.24, 2.45) is 0 Å². The fraction of sp³-hybridized carbons (Fsp3) is 0.556. The number of carbonyl (C=O) groups excluding carboxylic acids is 1. The molecule has 0 spiro atoms. The summed E-state index contributed by atoms with van der Waals surface area (Å²) in [6.45, 7) is 0.544. The molecular weight excluding hydrogens is 314 g/mol. The van der Waals surface area contributed by atoms with Crippen LogP contribution < -0.4 is 0 Å². The number of unbranched alkanes of at least 4 members (excludes halogenated alkanes) is 1. The van der Waals surface area contributed by atoms with Crippen molar-refractivity contribution in [3.05, 3.63) is 34.9 Å². The molecule has 1 N–H and O–H groups in total. The summed E-state index contributed by atoms with van der Waals surface area (Å²) in [5.41, 5.74) is 0.972. The first-order valence-electron chi connectivity index (χ1n) is 8.32. The summed E-state index contributed by atoms with van der Waals surface area (Å²) in [5.74, 6) is -0.691. The summed E-state index contributed by atoms with van der Waals surface area (Å²) >= 11 is 6.24. The summed E-state index contributed by atoms with van der Waals surface area (Å²) in [7, 11) is 0. The number of amides is 1. The Labute approximate surface area is 142 Å². The van der Waals surface area contributed by atoms with E-state index in [4.69, 9.17) is 16.7 Å². The molecule has 0 saturated heterocycles. The lowest BCUT2D eigenvalue weighted by Gasteiger charge is -2.29. The third-order valence-corrected chi connectivity index (χ3v) is 4.78. The molecule has 126 valence electrons. The van der Waals surface area contributed by atoms with Gasteiger partial charge in [0.1, 0.15) is 0 Å². The van der Waals surface area contributed by atoms with E-state index in [1.165, 1.54) is 0 Å². The number of carbonyl (C=O) groups is 2. The predicted molar refractivity (Wildman–Crippen MR) is 90.4 cm³/mol. The third kappa shape index (κ3) is 5.54. The summed E-state index contributed by atoms with van der Waals surface area (Å²) in [6, 6.07) is 7.92. The Balaban J connectivity index is 1.97. The molecule has 0 aromatic heterocycles. The van der Waals surface area contributed by atoms with Gasteiger partial charge in [0.2, 0.25) is 5.91 Å². The first-order valence-corrected chi connectivity index (χ1v) is 8.70. The summed E-state index contributed by atoms with van der Waals surface area (Å²) < 4.78 is 0.